The van der Waals surface area contributed by atoms with E-state index in [1.165, 1.54) is 12.1 Å². The van der Waals surface area contributed by atoms with Crippen LogP contribution >= 0.6 is 0 Å². The van der Waals surface area contributed by atoms with E-state index in [1.807, 2.05) is 6.07 Å². The van der Waals surface area contributed by atoms with Crippen molar-refractivity contribution in [2.24, 2.45) is 10.7 Å². The van der Waals surface area contributed by atoms with Crippen LogP contribution in [-0.4, -0.2) is 26.1 Å². The Morgan fingerprint density at radius 3 is 2.94 bits per heavy atom. The van der Waals surface area contributed by atoms with Gasteiger partial charge in [-0.05, 0) is 24.6 Å². The van der Waals surface area contributed by atoms with Gasteiger partial charge in [-0.15, -0.1) is 0 Å². The number of guanidine groups is 1. The Balaban J connectivity index is 2.16. The molecule has 0 heterocycles. The Morgan fingerprint density at radius 1 is 1.44 bits per heavy atom. The largest absolute Gasteiger partial charge is 0.385 e. The molecule has 0 atom stereocenters. The first-order chi connectivity index (χ1) is 7.72. The second-order valence-corrected chi connectivity index (χ2v) is 3.33. The lowest BCUT2D eigenvalue weighted by Crippen LogP contribution is -2.32. The minimum atomic E-state index is -0.231. The van der Waals surface area contributed by atoms with Gasteiger partial charge in [-0.3, -0.25) is 4.99 Å². The van der Waals surface area contributed by atoms with Crippen LogP contribution in [0.15, 0.2) is 29.3 Å². The monoisotopic (exact) mass is 224 g/mol. The van der Waals surface area contributed by atoms with Gasteiger partial charge in [0.05, 0.1) is 0 Å². The summed E-state index contributed by atoms with van der Waals surface area (Å²) >= 11 is 0. The number of nitrogens with one attached hydrogen (secondary N) is 2. The highest BCUT2D eigenvalue weighted by Crippen LogP contribution is 2.08. The van der Waals surface area contributed by atoms with Gasteiger partial charge < -0.3 is 16.4 Å². The molecular formula is C11H17FN4. The average molecular weight is 224 g/mol. The summed E-state index contributed by atoms with van der Waals surface area (Å²) in [5.41, 5.74) is 6.24. The second-order valence-electron chi connectivity index (χ2n) is 3.33. The van der Waals surface area contributed by atoms with E-state index in [-0.39, 0.29) is 5.82 Å². The molecule has 0 aliphatic carbocycles. The molecule has 4 N–H and O–H groups in total. The minimum absolute atomic E-state index is 0.231. The smallest absolute Gasteiger partial charge is 0.188 e. The molecule has 0 radical (unpaired) electrons. The van der Waals surface area contributed by atoms with E-state index in [0.29, 0.717) is 5.96 Å². The van der Waals surface area contributed by atoms with Crippen molar-refractivity contribution in [2.75, 3.05) is 25.5 Å². The molecule has 1 aromatic rings. The van der Waals surface area contributed by atoms with Crippen LogP contribution in [0, 0.1) is 5.82 Å². The summed E-state index contributed by atoms with van der Waals surface area (Å²) in [6.07, 6.45) is 0.882. The maximum Gasteiger partial charge on any atom is 0.188 e. The Hall–Kier alpha value is -1.78. The molecule has 1 aromatic carbocycles. The standard InChI is InChI=1S/C11H17FN4/c1-14-11(13)16-7-3-6-15-10-5-2-4-9(12)8-10/h2,4-5,8,15H,3,6-7H2,1H3,(H3,13,14,16). The van der Waals surface area contributed by atoms with E-state index in [1.54, 1.807) is 13.1 Å². The summed E-state index contributed by atoms with van der Waals surface area (Å²) in [5, 5.41) is 6.06. The molecule has 0 aliphatic heterocycles. The Bertz CT molecular complexity index is 352. The molecule has 0 fully saturated rings. The van der Waals surface area contributed by atoms with E-state index < -0.39 is 0 Å². The summed E-state index contributed by atoms with van der Waals surface area (Å²) in [7, 11) is 1.63. The highest BCUT2D eigenvalue weighted by atomic mass is 19.1. The zero-order valence-electron chi connectivity index (χ0n) is 9.33. The number of nitrogens with zero attached hydrogens (tertiary/aromatic N) is 1. The molecule has 0 unspecified atom stereocenters. The van der Waals surface area contributed by atoms with Gasteiger partial charge in [0.1, 0.15) is 5.82 Å². The summed E-state index contributed by atoms with van der Waals surface area (Å²) in [4.78, 5) is 3.77. The number of benzene rings is 1. The van der Waals surface area contributed by atoms with Crippen molar-refractivity contribution in [2.45, 2.75) is 6.42 Å². The number of hydrogen-bond acceptors (Lipinski definition) is 2. The van der Waals surface area contributed by atoms with E-state index >= 15 is 0 Å². The fourth-order valence-electron chi connectivity index (χ4n) is 1.22. The lowest BCUT2D eigenvalue weighted by molar-refractivity contribution is 0.628. The zero-order chi connectivity index (χ0) is 11.8. The SMILES string of the molecule is CN=C(N)NCCCNc1cccc(F)c1. The Labute approximate surface area is 94.8 Å². The van der Waals surface area contributed by atoms with Gasteiger partial charge in [-0.2, -0.15) is 0 Å². The fourth-order valence-corrected chi connectivity index (χ4v) is 1.22. The normalized spacial score (nSPS) is 11.2. The van der Waals surface area contributed by atoms with Crippen molar-refractivity contribution in [3.05, 3.63) is 30.1 Å². The van der Waals surface area contributed by atoms with Crippen molar-refractivity contribution in [3.63, 3.8) is 0 Å². The first-order valence-electron chi connectivity index (χ1n) is 5.18. The van der Waals surface area contributed by atoms with Crippen molar-refractivity contribution in [3.8, 4) is 0 Å². The fraction of sp³-hybridized carbons (Fsp3) is 0.364. The minimum Gasteiger partial charge on any atom is -0.385 e. The molecule has 0 saturated heterocycles. The van der Waals surface area contributed by atoms with Crippen molar-refractivity contribution in [1.29, 1.82) is 0 Å². The quantitative estimate of drug-likeness (QED) is 0.399. The van der Waals surface area contributed by atoms with Crippen LogP contribution < -0.4 is 16.4 Å². The summed E-state index contributed by atoms with van der Waals surface area (Å²) in [5.74, 6) is 0.205. The van der Waals surface area contributed by atoms with Crippen LogP contribution in [0.1, 0.15) is 6.42 Å². The van der Waals surface area contributed by atoms with Gasteiger partial charge >= 0.3 is 0 Å². The molecule has 16 heavy (non-hydrogen) atoms. The second kappa shape index (κ2) is 6.66. The number of rotatable bonds is 5. The molecule has 1 rings (SSSR count). The van der Waals surface area contributed by atoms with Gasteiger partial charge in [0.2, 0.25) is 0 Å². The number of hydrogen-bond donors (Lipinski definition) is 3. The average Bonchev–Trinajstić information content (AvgIpc) is 2.28. The van der Waals surface area contributed by atoms with Crippen molar-refractivity contribution < 1.29 is 4.39 Å². The first-order valence-corrected chi connectivity index (χ1v) is 5.18. The van der Waals surface area contributed by atoms with Crippen LogP contribution in [0.4, 0.5) is 10.1 Å². The molecule has 0 amide bonds. The first kappa shape index (κ1) is 12.3. The van der Waals surface area contributed by atoms with Crippen LogP contribution in [0.25, 0.3) is 0 Å². The van der Waals surface area contributed by atoms with Gasteiger partial charge in [0.15, 0.2) is 5.96 Å². The molecule has 0 aliphatic rings. The van der Waals surface area contributed by atoms with E-state index in [0.717, 1.165) is 25.2 Å². The lowest BCUT2D eigenvalue weighted by Gasteiger charge is -2.07. The molecule has 0 bridgehead atoms. The lowest BCUT2D eigenvalue weighted by atomic mass is 10.3. The third-order valence-electron chi connectivity index (χ3n) is 2.05. The third-order valence-corrected chi connectivity index (χ3v) is 2.05. The number of anilines is 1. The van der Waals surface area contributed by atoms with Gasteiger partial charge in [-0.1, -0.05) is 6.07 Å². The number of aliphatic imine (C=N–C) groups is 1. The van der Waals surface area contributed by atoms with Gasteiger partial charge in [-0.25, -0.2) is 4.39 Å². The maximum atomic E-state index is 12.8. The summed E-state index contributed by atoms with van der Waals surface area (Å²) in [6, 6.07) is 6.40. The molecule has 0 spiro atoms. The van der Waals surface area contributed by atoms with E-state index in [2.05, 4.69) is 15.6 Å². The van der Waals surface area contributed by atoms with Gasteiger partial charge in [0.25, 0.3) is 0 Å². The highest BCUT2D eigenvalue weighted by Gasteiger charge is 1.94. The molecular weight excluding hydrogens is 207 g/mol. The van der Waals surface area contributed by atoms with Gasteiger partial charge in [0, 0.05) is 25.8 Å². The number of nitrogens with two attached hydrogens (primary N) is 1. The van der Waals surface area contributed by atoms with Crippen LogP contribution in [0.2, 0.25) is 0 Å². The zero-order valence-corrected chi connectivity index (χ0v) is 9.33. The van der Waals surface area contributed by atoms with E-state index in [9.17, 15) is 4.39 Å². The van der Waals surface area contributed by atoms with Crippen molar-refractivity contribution >= 4 is 11.6 Å². The summed E-state index contributed by atoms with van der Waals surface area (Å²) in [6.45, 7) is 1.50. The number of halogens is 1. The Morgan fingerprint density at radius 2 is 2.25 bits per heavy atom. The highest BCUT2D eigenvalue weighted by molar-refractivity contribution is 5.77. The van der Waals surface area contributed by atoms with Crippen molar-refractivity contribution in [1.82, 2.24) is 5.32 Å². The van der Waals surface area contributed by atoms with Crippen LogP contribution in [0.3, 0.4) is 0 Å². The van der Waals surface area contributed by atoms with Crippen LogP contribution in [0.5, 0.6) is 0 Å². The molecule has 0 aromatic heterocycles. The molecule has 5 heteroatoms. The third kappa shape index (κ3) is 4.63. The topological polar surface area (TPSA) is 62.4 Å². The van der Waals surface area contributed by atoms with E-state index in [4.69, 9.17) is 5.73 Å². The summed E-state index contributed by atoms with van der Waals surface area (Å²) < 4.78 is 12.8. The predicted molar refractivity (Wildman–Crippen MR) is 65.1 cm³/mol. The Kier molecular flexibility index (Phi) is 5.11. The molecule has 88 valence electrons. The molecule has 0 saturated carbocycles. The van der Waals surface area contributed by atoms with Crippen LogP contribution in [-0.2, 0) is 0 Å². The predicted octanol–water partition coefficient (Wildman–Crippen LogP) is 1.16. The maximum absolute atomic E-state index is 12.8. The molecule has 4 nitrogen and oxygen atoms in total.